The van der Waals surface area contributed by atoms with Crippen LogP contribution in [0, 0.1) is 0 Å². The fraction of sp³-hybridized carbons (Fsp3) is 0.286. The van der Waals surface area contributed by atoms with E-state index in [0.29, 0.717) is 5.56 Å². The highest BCUT2D eigenvalue weighted by molar-refractivity contribution is 7.89. The number of sulfonamides is 1. The summed E-state index contributed by atoms with van der Waals surface area (Å²) in [6, 6.07) is 14.1. The first-order valence-corrected chi connectivity index (χ1v) is 10.6. The van der Waals surface area contributed by atoms with Crippen LogP contribution in [0.3, 0.4) is 0 Å². The van der Waals surface area contributed by atoms with Crippen molar-refractivity contribution in [3.8, 4) is 0 Å². The Kier molecular flexibility index (Phi) is 6.08. The quantitative estimate of drug-likeness (QED) is 0.612. The average molecular weight is 385 g/mol. The maximum absolute atomic E-state index is 12.3. The van der Waals surface area contributed by atoms with Crippen molar-refractivity contribution in [3.05, 3.63) is 65.7 Å². The maximum atomic E-state index is 12.3. The predicted octanol–water partition coefficient (Wildman–Crippen LogP) is 3.48. The fourth-order valence-electron chi connectivity index (χ4n) is 3.13. The summed E-state index contributed by atoms with van der Waals surface area (Å²) in [4.78, 5) is 14.8. The predicted molar refractivity (Wildman–Crippen MR) is 109 cm³/mol. The Morgan fingerprint density at radius 3 is 2.19 bits per heavy atom. The number of anilines is 1. The van der Waals surface area contributed by atoms with E-state index in [0.717, 1.165) is 18.7 Å². The van der Waals surface area contributed by atoms with E-state index in [1.54, 1.807) is 6.08 Å². The van der Waals surface area contributed by atoms with Crippen molar-refractivity contribution in [2.45, 2.75) is 24.2 Å². The average Bonchev–Trinajstić information content (AvgIpc) is 2.73. The third kappa shape index (κ3) is 4.84. The zero-order chi connectivity index (χ0) is 19.3. The van der Waals surface area contributed by atoms with E-state index in [4.69, 9.17) is 0 Å². The van der Waals surface area contributed by atoms with E-state index in [1.165, 1.54) is 62.3 Å². The largest absolute Gasteiger partial charge is 0.372 e. The van der Waals surface area contributed by atoms with Crippen molar-refractivity contribution in [2.75, 3.05) is 25.0 Å². The zero-order valence-corrected chi connectivity index (χ0v) is 16.2. The zero-order valence-electron chi connectivity index (χ0n) is 15.4. The number of piperidine rings is 1. The van der Waals surface area contributed by atoms with Crippen LogP contribution in [-0.4, -0.2) is 34.3 Å². The number of benzene rings is 2. The van der Waals surface area contributed by atoms with E-state index in [-0.39, 0.29) is 10.7 Å². The summed E-state index contributed by atoms with van der Waals surface area (Å²) in [5, 5.41) is 0. The number of rotatable bonds is 6. The highest BCUT2D eigenvalue weighted by Crippen LogP contribution is 2.20. The summed E-state index contributed by atoms with van der Waals surface area (Å²) >= 11 is 0. The normalized spacial score (nSPS) is 15.2. The molecule has 0 atom stereocenters. The van der Waals surface area contributed by atoms with E-state index in [1.807, 2.05) is 12.1 Å². The topological polar surface area (TPSA) is 66.5 Å². The number of nitrogens with one attached hydrogen (secondary N) is 1. The minimum absolute atomic E-state index is 0.138. The summed E-state index contributed by atoms with van der Waals surface area (Å²) in [7, 11) is -2.14. The summed E-state index contributed by atoms with van der Waals surface area (Å²) in [6.07, 6.45) is 7.08. The van der Waals surface area contributed by atoms with Crippen LogP contribution in [0.4, 0.5) is 5.69 Å². The van der Waals surface area contributed by atoms with Gasteiger partial charge in [0, 0.05) is 24.3 Å². The Labute approximate surface area is 160 Å². The molecule has 1 N–H and O–H groups in total. The molecule has 1 fully saturated rings. The summed E-state index contributed by atoms with van der Waals surface area (Å²) in [5.74, 6) is -0.163. The van der Waals surface area contributed by atoms with Crippen molar-refractivity contribution in [1.29, 1.82) is 0 Å². The van der Waals surface area contributed by atoms with E-state index in [2.05, 4.69) is 21.8 Å². The number of ketones is 1. The van der Waals surface area contributed by atoms with E-state index >= 15 is 0 Å². The van der Waals surface area contributed by atoms with Crippen LogP contribution in [0.5, 0.6) is 0 Å². The summed E-state index contributed by atoms with van der Waals surface area (Å²) in [5.41, 5.74) is 2.63. The molecule has 0 unspecified atom stereocenters. The standard InChI is InChI=1S/C21H24N2O3S/c1-22-27(25,26)20-12-8-18(9-13-20)21(24)14-7-17-5-10-19(11-6-17)23-15-3-2-4-16-23/h5-14,22H,2-4,15-16H2,1H3/b14-7+. The van der Waals surface area contributed by atoms with Gasteiger partial charge in [-0.15, -0.1) is 0 Å². The molecule has 142 valence electrons. The minimum Gasteiger partial charge on any atom is -0.372 e. The van der Waals surface area contributed by atoms with Gasteiger partial charge in [0.05, 0.1) is 4.90 Å². The molecule has 2 aromatic rings. The maximum Gasteiger partial charge on any atom is 0.240 e. The Bertz CT molecular complexity index is 911. The molecule has 0 aliphatic carbocycles. The highest BCUT2D eigenvalue weighted by atomic mass is 32.2. The lowest BCUT2D eigenvalue weighted by molar-refractivity contribution is 0.104. The Morgan fingerprint density at radius 1 is 0.963 bits per heavy atom. The molecular formula is C21H24N2O3S. The number of carbonyl (C=O) groups is 1. The first-order chi connectivity index (χ1) is 13.0. The second-order valence-electron chi connectivity index (χ2n) is 6.57. The number of carbonyl (C=O) groups excluding carboxylic acids is 1. The van der Waals surface area contributed by atoms with Crippen LogP contribution in [0.15, 0.2) is 59.5 Å². The Balaban J connectivity index is 1.65. The molecule has 1 heterocycles. The molecule has 2 aromatic carbocycles. The van der Waals surface area contributed by atoms with Crippen LogP contribution < -0.4 is 9.62 Å². The second-order valence-corrected chi connectivity index (χ2v) is 8.46. The SMILES string of the molecule is CNS(=O)(=O)c1ccc(C(=O)/C=C/c2ccc(N3CCCCC3)cc2)cc1. The van der Waals surface area contributed by atoms with Crippen molar-refractivity contribution in [2.24, 2.45) is 0 Å². The monoisotopic (exact) mass is 384 g/mol. The third-order valence-corrected chi connectivity index (χ3v) is 6.19. The van der Waals surface area contributed by atoms with Crippen LogP contribution in [0.25, 0.3) is 6.08 Å². The van der Waals surface area contributed by atoms with Gasteiger partial charge < -0.3 is 4.90 Å². The Morgan fingerprint density at radius 2 is 1.59 bits per heavy atom. The van der Waals surface area contributed by atoms with Crippen molar-refractivity contribution < 1.29 is 13.2 Å². The van der Waals surface area contributed by atoms with Gasteiger partial charge in [-0.1, -0.05) is 18.2 Å². The lowest BCUT2D eigenvalue weighted by atomic mass is 10.1. The number of nitrogens with zero attached hydrogens (tertiary/aromatic N) is 1. The summed E-state index contributed by atoms with van der Waals surface area (Å²) < 4.78 is 25.7. The summed E-state index contributed by atoms with van der Waals surface area (Å²) in [6.45, 7) is 2.21. The lowest BCUT2D eigenvalue weighted by Gasteiger charge is -2.28. The fourth-order valence-corrected chi connectivity index (χ4v) is 3.86. The molecule has 0 radical (unpaired) electrons. The van der Waals surface area contributed by atoms with Crippen LogP contribution in [-0.2, 0) is 10.0 Å². The first-order valence-electron chi connectivity index (χ1n) is 9.11. The molecule has 1 aliphatic heterocycles. The van der Waals surface area contributed by atoms with Gasteiger partial charge in [0.25, 0.3) is 0 Å². The van der Waals surface area contributed by atoms with Gasteiger partial charge in [-0.25, -0.2) is 13.1 Å². The van der Waals surface area contributed by atoms with Gasteiger partial charge in [0.15, 0.2) is 5.78 Å². The van der Waals surface area contributed by atoms with Gasteiger partial charge in [0.1, 0.15) is 0 Å². The van der Waals surface area contributed by atoms with Crippen LogP contribution in [0.2, 0.25) is 0 Å². The molecule has 0 bridgehead atoms. The smallest absolute Gasteiger partial charge is 0.240 e. The van der Waals surface area contributed by atoms with Gasteiger partial charge in [-0.3, -0.25) is 4.79 Å². The van der Waals surface area contributed by atoms with Crippen molar-refractivity contribution in [1.82, 2.24) is 4.72 Å². The molecule has 6 heteroatoms. The van der Waals surface area contributed by atoms with Crippen LogP contribution >= 0.6 is 0 Å². The van der Waals surface area contributed by atoms with Gasteiger partial charge in [-0.05, 0) is 74.3 Å². The molecule has 0 spiro atoms. The van der Waals surface area contributed by atoms with Gasteiger partial charge in [-0.2, -0.15) is 0 Å². The second kappa shape index (κ2) is 8.50. The molecule has 0 amide bonds. The van der Waals surface area contributed by atoms with Crippen LogP contribution in [0.1, 0.15) is 35.2 Å². The molecule has 0 saturated carbocycles. The van der Waals surface area contributed by atoms with E-state index in [9.17, 15) is 13.2 Å². The van der Waals surface area contributed by atoms with E-state index < -0.39 is 10.0 Å². The third-order valence-electron chi connectivity index (χ3n) is 4.76. The molecule has 0 aromatic heterocycles. The minimum atomic E-state index is -3.49. The number of allylic oxidation sites excluding steroid dienone is 1. The lowest BCUT2D eigenvalue weighted by Crippen LogP contribution is -2.29. The Hall–Kier alpha value is -2.44. The molecule has 1 saturated heterocycles. The van der Waals surface area contributed by atoms with Gasteiger partial charge >= 0.3 is 0 Å². The van der Waals surface area contributed by atoms with Crippen molar-refractivity contribution >= 4 is 27.6 Å². The molecule has 5 nitrogen and oxygen atoms in total. The number of hydrogen-bond donors (Lipinski definition) is 1. The molecule has 3 rings (SSSR count). The van der Waals surface area contributed by atoms with Gasteiger partial charge in [0.2, 0.25) is 10.0 Å². The first kappa shape index (κ1) is 19.3. The highest BCUT2D eigenvalue weighted by Gasteiger charge is 2.12. The number of hydrogen-bond acceptors (Lipinski definition) is 4. The molecule has 1 aliphatic rings. The van der Waals surface area contributed by atoms with Crippen molar-refractivity contribution in [3.63, 3.8) is 0 Å². The molecular weight excluding hydrogens is 360 g/mol. The molecule has 27 heavy (non-hydrogen) atoms.